The molecule has 0 spiro atoms. The van der Waals surface area contributed by atoms with E-state index in [2.05, 4.69) is 47.9 Å². The van der Waals surface area contributed by atoms with Crippen LogP contribution in [-0.2, 0) is 5.41 Å². The molecule has 0 saturated heterocycles. The third-order valence-corrected chi connectivity index (χ3v) is 3.61. The van der Waals surface area contributed by atoms with E-state index in [-0.39, 0.29) is 5.41 Å². The van der Waals surface area contributed by atoms with Crippen LogP contribution in [0.4, 0.5) is 5.95 Å². The first-order valence-corrected chi connectivity index (χ1v) is 6.79. The molecule has 0 bridgehead atoms. The molecule has 3 heterocycles. The zero-order valence-corrected chi connectivity index (χ0v) is 11.7. The van der Waals surface area contributed by atoms with E-state index in [4.69, 9.17) is 4.98 Å². The van der Waals surface area contributed by atoms with E-state index in [1.165, 1.54) is 5.56 Å². The summed E-state index contributed by atoms with van der Waals surface area (Å²) >= 11 is 0. The molecule has 2 aromatic heterocycles. The van der Waals surface area contributed by atoms with Crippen LogP contribution in [0.1, 0.15) is 44.5 Å². The Labute approximate surface area is 113 Å². The second kappa shape index (κ2) is 4.37. The van der Waals surface area contributed by atoms with E-state index in [0.717, 1.165) is 24.6 Å². The Morgan fingerprint density at radius 1 is 1.37 bits per heavy atom. The fourth-order valence-electron chi connectivity index (χ4n) is 2.48. The van der Waals surface area contributed by atoms with Gasteiger partial charge in [0.15, 0.2) is 0 Å². The van der Waals surface area contributed by atoms with Gasteiger partial charge < -0.3 is 9.88 Å². The van der Waals surface area contributed by atoms with Crippen LogP contribution in [-0.4, -0.2) is 21.1 Å². The lowest BCUT2D eigenvalue weighted by Crippen LogP contribution is -2.23. The van der Waals surface area contributed by atoms with Gasteiger partial charge in [0.1, 0.15) is 0 Å². The van der Waals surface area contributed by atoms with Gasteiger partial charge in [-0.1, -0.05) is 26.8 Å². The van der Waals surface area contributed by atoms with Crippen molar-refractivity contribution in [3.8, 4) is 0 Å². The lowest BCUT2D eigenvalue weighted by atomic mass is 9.93. The Bertz CT molecular complexity index is 566. The van der Waals surface area contributed by atoms with Crippen molar-refractivity contribution in [2.45, 2.75) is 38.6 Å². The molecule has 1 aliphatic heterocycles. The van der Waals surface area contributed by atoms with Crippen molar-refractivity contribution in [1.82, 2.24) is 14.5 Å². The summed E-state index contributed by atoms with van der Waals surface area (Å²) in [7, 11) is 0. The fraction of sp³-hybridized carbons (Fsp3) is 0.467. The van der Waals surface area contributed by atoms with Gasteiger partial charge in [0.25, 0.3) is 0 Å². The summed E-state index contributed by atoms with van der Waals surface area (Å²) in [5.74, 6) is 0.977. The molecule has 1 atom stereocenters. The normalized spacial score (nSPS) is 18.8. The number of imidazole rings is 1. The minimum absolute atomic E-state index is 0.0749. The van der Waals surface area contributed by atoms with Crippen molar-refractivity contribution in [3.05, 3.63) is 42.0 Å². The van der Waals surface area contributed by atoms with Crippen molar-refractivity contribution in [3.63, 3.8) is 0 Å². The van der Waals surface area contributed by atoms with Crippen LogP contribution < -0.4 is 5.32 Å². The van der Waals surface area contributed by atoms with Gasteiger partial charge in [-0.25, -0.2) is 4.98 Å². The van der Waals surface area contributed by atoms with E-state index >= 15 is 0 Å². The Morgan fingerprint density at radius 3 is 2.89 bits per heavy atom. The molecule has 100 valence electrons. The SMILES string of the molecule is CC(C)(C)c1cn2c(n1)NCCC2c1cccnc1. The van der Waals surface area contributed by atoms with E-state index < -0.39 is 0 Å². The Hall–Kier alpha value is -1.84. The predicted octanol–water partition coefficient (Wildman–Crippen LogP) is 2.98. The summed E-state index contributed by atoms with van der Waals surface area (Å²) in [6.45, 7) is 7.54. The molecule has 0 saturated carbocycles. The zero-order valence-electron chi connectivity index (χ0n) is 11.7. The summed E-state index contributed by atoms with van der Waals surface area (Å²) in [4.78, 5) is 8.96. The van der Waals surface area contributed by atoms with Crippen molar-refractivity contribution in [1.29, 1.82) is 0 Å². The second-order valence-electron chi connectivity index (χ2n) is 6.12. The van der Waals surface area contributed by atoms with Crippen LogP contribution in [0, 0.1) is 0 Å². The summed E-state index contributed by atoms with van der Waals surface area (Å²) in [6, 6.07) is 4.48. The standard InChI is InChI=1S/C15H20N4/c1-15(2,3)13-10-19-12(6-8-17-14(19)18-13)11-5-4-7-16-9-11/h4-5,7,9-10,12H,6,8H2,1-3H3,(H,17,18). The molecule has 0 amide bonds. The van der Waals surface area contributed by atoms with Gasteiger partial charge in [-0.05, 0) is 18.1 Å². The molecule has 0 radical (unpaired) electrons. The molecule has 4 nitrogen and oxygen atoms in total. The van der Waals surface area contributed by atoms with Crippen LogP contribution in [0.2, 0.25) is 0 Å². The molecule has 0 aromatic carbocycles. The number of pyridine rings is 1. The minimum Gasteiger partial charge on any atom is -0.356 e. The molecule has 1 unspecified atom stereocenters. The highest BCUT2D eigenvalue weighted by Gasteiger charge is 2.26. The average Bonchev–Trinajstić information content (AvgIpc) is 2.83. The smallest absolute Gasteiger partial charge is 0.203 e. The van der Waals surface area contributed by atoms with E-state index in [1.54, 1.807) is 0 Å². The molecule has 1 N–H and O–H groups in total. The molecule has 1 aliphatic rings. The molecular formula is C15H20N4. The average molecular weight is 256 g/mol. The van der Waals surface area contributed by atoms with Crippen LogP contribution in [0.5, 0.6) is 0 Å². The highest BCUT2D eigenvalue weighted by atomic mass is 15.2. The van der Waals surface area contributed by atoms with Gasteiger partial charge in [-0.15, -0.1) is 0 Å². The summed E-state index contributed by atoms with van der Waals surface area (Å²) < 4.78 is 2.25. The number of anilines is 1. The quantitative estimate of drug-likeness (QED) is 0.853. The number of nitrogens with zero attached hydrogens (tertiary/aromatic N) is 3. The lowest BCUT2D eigenvalue weighted by Gasteiger charge is -2.26. The largest absolute Gasteiger partial charge is 0.356 e. The zero-order chi connectivity index (χ0) is 13.5. The Kier molecular flexibility index (Phi) is 2.81. The maximum Gasteiger partial charge on any atom is 0.203 e. The maximum atomic E-state index is 4.73. The monoisotopic (exact) mass is 256 g/mol. The first kappa shape index (κ1) is 12.2. The fourth-order valence-corrected chi connectivity index (χ4v) is 2.48. The Balaban J connectivity index is 2.03. The topological polar surface area (TPSA) is 42.7 Å². The van der Waals surface area contributed by atoms with Gasteiger partial charge in [0, 0.05) is 30.6 Å². The molecule has 3 rings (SSSR count). The summed E-state index contributed by atoms with van der Waals surface area (Å²) in [5.41, 5.74) is 2.46. The van der Waals surface area contributed by atoms with Crippen molar-refractivity contribution in [2.75, 3.05) is 11.9 Å². The number of hydrogen-bond donors (Lipinski definition) is 1. The van der Waals surface area contributed by atoms with Crippen LogP contribution >= 0.6 is 0 Å². The lowest BCUT2D eigenvalue weighted by molar-refractivity contribution is 0.525. The number of fused-ring (bicyclic) bond motifs is 1. The predicted molar refractivity (Wildman–Crippen MR) is 76.4 cm³/mol. The van der Waals surface area contributed by atoms with Crippen LogP contribution in [0.25, 0.3) is 0 Å². The molecule has 0 aliphatic carbocycles. The van der Waals surface area contributed by atoms with Crippen molar-refractivity contribution >= 4 is 5.95 Å². The van der Waals surface area contributed by atoms with Gasteiger partial charge in [0.2, 0.25) is 5.95 Å². The first-order chi connectivity index (χ1) is 9.05. The molecule has 2 aromatic rings. The third kappa shape index (κ3) is 2.23. The van der Waals surface area contributed by atoms with Crippen LogP contribution in [0.3, 0.4) is 0 Å². The number of nitrogens with one attached hydrogen (secondary N) is 1. The third-order valence-electron chi connectivity index (χ3n) is 3.61. The Morgan fingerprint density at radius 2 is 2.21 bits per heavy atom. The number of aromatic nitrogens is 3. The number of rotatable bonds is 1. The highest BCUT2D eigenvalue weighted by Crippen LogP contribution is 2.32. The number of hydrogen-bond acceptors (Lipinski definition) is 3. The summed E-state index contributed by atoms with van der Waals surface area (Å²) in [6.07, 6.45) is 7.02. The van der Waals surface area contributed by atoms with E-state index in [9.17, 15) is 0 Å². The van der Waals surface area contributed by atoms with E-state index in [0.29, 0.717) is 6.04 Å². The van der Waals surface area contributed by atoms with Crippen molar-refractivity contribution in [2.24, 2.45) is 0 Å². The van der Waals surface area contributed by atoms with Gasteiger partial charge in [-0.3, -0.25) is 4.98 Å². The first-order valence-electron chi connectivity index (χ1n) is 6.79. The second-order valence-corrected chi connectivity index (χ2v) is 6.12. The molecule has 19 heavy (non-hydrogen) atoms. The van der Waals surface area contributed by atoms with Gasteiger partial charge in [-0.2, -0.15) is 0 Å². The van der Waals surface area contributed by atoms with Gasteiger partial charge >= 0.3 is 0 Å². The molecule has 0 fully saturated rings. The maximum absolute atomic E-state index is 4.73. The van der Waals surface area contributed by atoms with E-state index in [1.807, 2.05) is 18.5 Å². The van der Waals surface area contributed by atoms with Gasteiger partial charge in [0.05, 0.1) is 11.7 Å². The molecule has 4 heteroatoms. The highest BCUT2D eigenvalue weighted by molar-refractivity contribution is 5.36. The minimum atomic E-state index is 0.0749. The summed E-state index contributed by atoms with van der Waals surface area (Å²) in [5, 5.41) is 3.39. The van der Waals surface area contributed by atoms with Crippen molar-refractivity contribution < 1.29 is 0 Å². The molecular weight excluding hydrogens is 236 g/mol. The van der Waals surface area contributed by atoms with Crippen LogP contribution in [0.15, 0.2) is 30.7 Å².